The standard InChI is InChI=1S/C18H19NO3/c20-17(14-15-8-3-1-4-9-15)12-7-13-22-18(21)19-16-10-5-2-6-11-16/h1-6,8-11H,7,12-14H2,(H,19,21). The van der Waals surface area contributed by atoms with Crippen LogP contribution in [0.25, 0.3) is 0 Å². The lowest BCUT2D eigenvalue weighted by molar-refractivity contribution is -0.118. The Hall–Kier alpha value is -2.62. The maximum atomic E-state index is 11.8. The molecule has 4 nitrogen and oxygen atoms in total. The fourth-order valence-corrected chi connectivity index (χ4v) is 2.02. The number of carbonyl (C=O) groups excluding carboxylic acids is 2. The molecule has 1 amide bonds. The molecule has 0 atom stereocenters. The van der Waals surface area contributed by atoms with E-state index in [0.29, 0.717) is 24.9 Å². The molecule has 0 aromatic heterocycles. The van der Waals surface area contributed by atoms with Crippen molar-refractivity contribution in [1.29, 1.82) is 0 Å². The number of benzene rings is 2. The third-order valence-corrected chi connectivity index (χ3v) is 3.10. The second kappa shape index (κ2) is 8.62. The Kier molecular flexibility index (Phi) is 6.18. The quantitative estimate of drug-likeness (QED) is 0.790. The number of carbonyl (C=O) groups is 2. The van der Waals surface area contributed by atoms with Crippen LogP contribution < -0.4 is 5.32 Å². The molecule has 0 fully saturated rings. The Labute approximate surface area is 130 Å². The van der Waals surface area contributed by atoms with E-state index in [4.69, 9.17) is 4.74 Å². The summed E-state index contributed by atoms with van der Waals surface area (Å²) in [5, 5.41) is 2.62. The van der Waals surface area contributed by atoms with Gasteiger partial charge in [0.05, 0.1) is 6.61 Å². The van der Waals surface area contributed by atoms with E-state index in [2.05, 4.69) is 5.32 Å². The Bertz CT molecular complexity index is 541. The number of hydrogen-bond acceptors (Lipinski definition) is 3. The van der Waals surface area contributed by atoms with Gasteiger partial charge in [-0.25, -0.2) is 4.79 Å². The van der Waals surface area contributed by atoms with Crippen molar-refractivity contribution in [3.05, 3.63) is 66.2 Å². The molecule has 2 aromatic carbocycles. The molecular formula is C18H19NO3. The highest BCUT2D eigenvalue weighted by atomic mass is 16.5. The molecule has 0 saturated heterocycles. The number of ether oxygens (including phenoxy) is 1. The highest BCUT2D eigenvalue weighted by Crippen LogP contribution is 2.06. The lowest BCUT2D eigenvalue weighted by atomic mass is 10.1. The van der Waals surface area contributed by atoms with Gasteiger partial charge < -0.3 is 4.74 Å². The van der Waals surface area contributed by atoms with Crippen LogP contribution >= 0.6 is 0 Å². The van der Waals surface area contributed by atoms with Crippen LogP contribution in [0.1, 0.15) is 18.4 Å². The van der Waals surface area contributed by atoms with Gasteiger partial charge in [-0.3, -0.25) is 10.1 Å². The molecule has 114 valence electrons. The minimum Gasteiger partial charge on any atom is -0.449 e. The van der Waals surface area contributed by atoms with Gasteiger partial charge in [0.15, 0.2) is 0 Å². The Morgan fingerprint density at radius 1 is 0.909 bits per heavy atom. The first-order valence-corrected chi connectivity index (χ1v) is 7.28. The maximum Gasteiger partial charge on any atom is 0.411 e. The largest absolute Gasteiger partial charge is 0.449 e. The van der Waals surface area contributed by atoms with Crippen molar-refractivity contribution < 1.29 is 14.3 Å². The lowest BCUT2D eigenvalue weighted by Gasteiger charge is -2.06. The van der Waals surface area contributed by atoms with Crippen molar-refractivity contribution in [1.82, 2.24) is 0 Å². The predicted molar refractivity (Wildman–Crippen MR) is 85.8 cm³/mol. The van der Waals surface area contributed by atoms with E-state index in [9.17, 15) is 9.59 Å². The number of hydrogen-bond donors (Lipinski definition) is 1. The van der Waals surface area contributed by atoms with Gasteiger partial charge in [0.1, 0.15) is 5.78 Å². The third-order valence-electron chi connectivity index (χ3n) is 3.10. The van der Waals surface area contributed by atoms with Gasteiger partial charge in [-0.1, -0.05) is 48.5 Å². The molecule has 22 heavy (non-hydrogen) atoms. The first-order chi connectivity index (χ1) is 10.7. The van der Waals surface area contributed by atoms with Crippen molar-refractivity contribution in [3.8, 4) is 0 Å². The molecule has 0 spiro atoms. The molecule has 0 aliphatic rings. The number of nitrogens with one attached hydrogen (secondary N) is 1. The Morgan fingerprint density at radius 3 is 2.23 bits per heavy atom. The molecule has 0 aliphatic heterocycles. The van der Waals surface area contributed by atoms with Crippen molar-refractivity contribution >= 4 is 17.6 Å². The third kappa shape index (κ3) is 5.79. The lowest BCUT2D eigenvalue weighted by Crippen LogP contribution is -2.15. The molecule has 0 aliphatic carbocycles. The molecule has 0 saturated carbocycles. The molecule has 2 aromatic rings. The summed E-state index contributed by atoms with van der Waals surface area (Å²) in [6.07, 6.45) is 0.875. The van der Waals surface area contributed by atoms with Crippen molar-refractivity contribution in [2.45, 2.75) is 19.3 Å². The maximum absolute atomic E-state index is 11.8. The fraction of sp³-hybridized carbons (Fsp3) is 0.222. The first kappa shape index (κ1) is 15.8. The second-order valence-corrected chi connectivity index (χ2v) is 4.93. The normalized spacial score (nSPS) is 10.0. The highest BCUT2D eigenvalue weighted by molar-refractivity contribution is 5.84. The number of Topliss-reactive ketones (excluding diaryl/α,β-unsaturated/α-hetero) is 1. The summed E-state index contributed by atoms with van der Waals surface area (Å²) in [6, 6.07) is 18.7. The van der Waals surface area contributed by atoms with Gasteiger partial charge in [0, 0.05) is 18.5 Å². The van der Waals surface area contributed by atoms with Gasteiger partial charge in [-0.15, -0.1) is 0 Å². The topological polar surface area (TPSA) is 55.4 Å². The minimum absolute atomic E-state index is 0.151. The number of amides is 1. The minimum atomic E-state index is -0.498. The van der Waals surface area contributed by atoms with Crippen LogP contribution in [0.2, 0.25) is 0 Å². The summed E-state index contributed by atoms with van der Waals surface area (Å²) in [6.45, 7) is 0.235. The molecule has 4 heteroatoms. The van der Waals surface area contributed by atoms with Crippen LogP contribution in [0, 0.1) is 0 Å². The van der Waals surface area contributed by atoms with Gasteiger partial charge in [0.2, 0.25) is 0 Å². The van der Waals surface area contributed by atoms with E-state index in [0.717, 1.165) is 5.56 Å². The molecular weight excluding hydrogens is 278 g/mol. The number of ketones is 1. The zero-order valence-corrected chi connectivity index (χ0v) is 12.3. The molecule has 1 N–H and O–H groups in total. The van der Waals surface area contributed by atoms with E-state index in [-0.39, 0.29) is 12.4 Å². The average Bonchev–Trinajstić information content (AvgIpc) is 2.53. The van der Waals surface area contributed by atoms with Crippen molar-refractivity contribution in [2.75, 3.05) is 11.9 Å². The Morgan fingerprint density at radius 2 is 1.55 bits per heavy atom. The second-order valence-electron chi connectivity index (χ2n) is 4.93. The summed E-state index contributed by atoms with van der Waals surface area (Å²) in [5.74, 6) is 0.151. The first-order valence-electron chi connectivity index (χ1n) is 7.28. The number of anilines is 1. The van der Waals surface area contributed by atoms with E-state index in [1.54, 1.807) is 12.1 Å². The smallest absolute Gasteiger partial charge is 0.411 e. The van der Waals surface area contributed by atoms with Gasteiger partial charge >= 0.3 is 6.09 Å². The van der Waals surface area contributed by atoms with Crippen LogP contribution in [0.15, 0.2) is 60.7 Å². The summed E-state index contributed by atoms with van der Waals surface area (Å²) in [7, 11) is 0. The summed E-state index contributed by atoms with van der Waals surface area (Å²) >= 11 is 0. The van der Waals surface area contributed by atoms with Gasteiger partial charge in [0.25, 0.3) is 0 Å². The monoisotopic (exact) mass is 297 g/mol. The van der Waals surface area contributed by atoms with E-state index in [1.807, 2.05) is 48.5 Å². The van der Waals surface area contributed by atoms with Crippen LogP contribution in [0.3, 0.4) is 0 Å². The van der Waals surface area contributed by atoms with E-state index in [1.165, 1.54) is 0 Å². The molecule has 0 bridgehead atoms. The Balaban J connectivity index is 1.60. The average molecular weight is 297 g/mol. The molecule has 0 heterocycles. The summed E-state index contributed by atoms with van der Waals surface area (Å²) in [4.78, 5) is 23.3. The molecule has 0 radical (unpaired) electrons. The van der Waals surface area contributed by atoms with Crippen LogP contribution in [-0.2, 0) is 16.0 Å². The summed E-state index contributed by atoms with van der Waals surface area (Å²) in [5.41, 5.74) is 1.70. The van der Waals surface area contributed by atoms with E-state index < -0.39 is 6.09 Å². The van der Waals surface area contributed by atoms with Crippen molar-refractivity contribution in [2.24, 2.45) is 0 Å². The highest BCUT2D eigenvalue weighted by Gasteiger charge is 2.06. The molecule has 0 unspecified atom stereocenters. The summed E-state index contributed by atoms with van der Waals surface area (Å²) < 4.78 is 5.04. The zero-order valence-electron chi connectivity index (χ0n) is 12.3. The zero-order chi connectivity index (χ0) is 15.6. The fourth-order valence-electron chi connectivity index (χ4n) is 2.02. The van der Waals surface area contributed by atoms with Crippen LogP contribution in [0.5, 0.6) is 0 Å². The van der Waals surface area contributed by atoms with E-state index >= 15 is 0 Å². The molecule has 2 rings (SSSR count). The van der Waals surface area contributed by atoms with Crippen molar-refractivity contribution in [3.63, 3.8) is 0 Å². The van der Waals surface area contributed by atoms with Gasteiger partial charge in [-0.2, -0.15) is 0 Å². The predicted octanol–water partition coefficient (Wildman–Crippen LogP) is 3.83. The number of rotatable bonds is 7. The number of para-hydroxylation sites is 1. The van der Waals surface area contributed by atoms with Gasteiger partial charge in [-0.05, 0) is 24.1 Å². The van der Waals surface area contributed by atoms with Crippen LogP contribution in [-0.4, -0.2) is 18.5 Å². The van der Waals surface area contributed by atoms with Crippen LogP contribution in [0.4, 0.5) is 10.5 Å². The SMILES string of the molecule is O=C(CCCOC(=O)Nc1ccccc1)Cc1ccccc1.